The highest BCUT2D eigenvalue weighted by Gasteiger charge is 2.32. The van der Waals surface area contributed by atoms with Crippen molar-refractivity contribution >= 4 is 11.0 Å². The molecule has 21 heavy (non-hydrogen) atoms. The minimum Gasteiger partial charge on any atom is -0.493 e. The first kappa shape index (κ1) is 14.4. The number of hydrogen-bond acceptors (Lipinski definition) is 5. The molecule has 0 amide bonds. The maximum Gasteiger partial charge on any atom is 0.176 e. The van der Waals surface area contributed by atoms with Crippen molar-refractivity contribution in [3.8, 4) is 5.75 Å². The van der Waals surface area contributed by atoms with Crippen LogP contribution < -0.4 is 10.1 Å². The highest BCUT2D eigenvalue weighted by atomic mass is 16.5. The molecule has 2 atom stereocenters. The summed E-state index contributed by atoms with van der Waals surface area (Å²) in [6.45, 7) is 3.51. The zero-order valence-electron chi connectivity index (χ0n) is 12.4. The van der Waals surface area contributed by atoms with E-state index in [1.165, 1.54) is 0 Å². The van der Waals surface area contributed by atoms with Crippen LogP contribution in [0.1, 0.15) is 25.1 Å². The van der Waals surface area contributed by atoms with E-state index in [1.54, 1.807) is 7.11 Å². The van der Waals surface area contributed by atoms with Gasteiger partial charge in [-0.25, -0.2) is 0 Å². The number of ether oxygens (including phenoxy) is 2. The lowest BCUT2D eigenvalue weighted by atomic mass is 10.0. The molecule has 114 valence electrons. The molecule has 0 spiro atoms. The summed E-state index contributed by atoms with van der Waals surface area (Å²) in [6, 6.07) is 7.83. The number of aliphatic hydroxyl groups is 1. The van der Waals surface area contributed by atoms with E-state index in [2.05, 4.69) is 5.32 Å². The van der Waals surface area contributed by atoms with Gasteiger partial charge in [0.25, 0.3) is 0 Å². The largest absolute Gasteiger partial charge is 0.493 e. The summed E-state index contributed by atoms with van der Waals surface area (Å²) >= 11 is 0. The second-order valence-electron chi connectivity index (χ2n) is 5.66. The summed E-state index contributed by atoms with van der Waals surface area (Å²) in [5.41, 5.74) is -0.00983. The van der Waals surface area contributed by atoms with Crippen LogP contribution in [0, 0.1) is 0 Å². The zero-order valence-corrected chi connectivity index (χ0v) is 12.4. The van der Waals surface area contributed by atoms with Gasteiger partial charge in [0, 0.05) is 25.0 Å². The van der Waals surface area contributed by atoms with Crippen LogP contribution in [0.15, 0.2) is 28.7 Å². The lowest BCUT2D eigenvalue weighted by Gasteiger charge is -2.22. The predicted molar refractivity (Wildman–Crippen MR) is 79.6 cm³/mol. The molecule has 0 radical (unpaired) electrons. The van der Waals surface area contributed by atoms with Gasteiger partial charge in [-0.2, -0.15) is 0 Å². The molecule has 2 aromatic rings. The number of fused-ring (bicyclic) bond motifs is 1. The van der Waals surface area contributed by atoms with Crippen molar-refractivity contribution in [2.75, 3.05) is 26.9 Å². The van der Waals surface area contributed by atoms with Gasteiger partial charge in [-0.05, 0) is 19.1 Å². The summed E-state index contributed by atoms with van der Waals surface area (Å²) in [5.74, 6) is 1.56. The molecule has 5 nitrogen and oxygen atoms in total. The molecular weight excluding hydrogens is 270 g/mol. The lowest BCUT2D eigenvalue weighted by Crippen LogP contribution is -2.41. The first-order valence-corrected chi connectivity index (χ1v) is 7.21. The van der Waals surface area contributed by atoms with E-state index in [0.29, 0.717) is 26.2 Å². The van der Waals surface area contributed by atoms with Gasteiger partial charge < -0.3 is 24.3 Å². The van der Waals surface area contributed by atoms with Crippen molar-refractivity contribution in [2.45, 2.75) is 25.0 Å². The van der Waals surface area contributed by atoms with E-state index >= 15 is 0 Å². The fraction of sp³-hybridized carbons (Fsp3) is 0.500. The van der Waals surface area contributed by atoms with Gasteiger partial charge in [0.05, 0.1) is 19.8 Å². The molecule has 2 heterocycles. The van der Waals surface area contributed by atoms with Gasteiger partial charge in [-0.3, -0.25) is 0 Å². The molecule has 5 heteroatoms. The third-order valence-corrected chi connectivity index (χ3v) is 3.99. The Balaban J connectivity index is 1.74. The molecule has 1 aromatic carbocycles. The van der Waals surface area contributed by atoms with Crippen molar-refractivity contribution in [1.29, 1.82) is 0 Å². The molecule has 1 aliphatic heterocycles. The van der Waals surface area contributed by atoms with Crippen LogP contribution in [0.25, 0.3) is 11.0 Å². The predicted octanol–water partition coefficient (Wildman–Crippen LogP) is 2.24. The van der Waals surface area contributed by atoms with E-state index in [0.717, 1.165) is 22.5 Å². The summed E-state index contributed by atoms with van der Waals surface area (Å²) in [7, 11) is 1.63. The quantitative estimate of drug-likeness (QED) is 0.884. The normalized spacial score (nSPS) is 23.6. The van der Waals surface area contributed by atoms with Crippen molar-refractivity contribution in [2.24, 2.45) is 0 Å². The molecule has 0 aliphatic carbocycles. The molecule has 1 aromatic heterocycles. The Bertz CT molecular complexity index is 616. The van der Waals surface area contributed by atoms with Crippen molar-refractivity contribution in [3.63, 3.8) is 0 Å². The fourth-order valence-electron chi connectivity index (χ4n) is 2.61. The monoisotopic (exact) mass is 291 g/mol. The van der Waals surface area contributed by atoms with Crippen LogP contribution >= 0.6 is 0 Å². The van der Waals surface area contributed by atoms with Crippen molar-refractivity contribution in [3.05, 3.63) is 30.0 Å². The van der Waals surface area contributed by atoms with Crippen LogP contribution in [0.2, 0.25) is 0 Å². The van der Waals surface area contributed by atoms with Crippen LogP contribution in [-0.4, -0.2) is 37.6 Å². The number of nitrogens with one attached hydrogen (secondary N) is 1. The maximum atomic E-state index is 10.3. The zero-order chi connectivity index (χ0) is 14.9. The van der Waals surface area contributed by atoms with Crippen LogP contribution in [-0.2, 0) is 4.74 Å². The van der Waals surface area contributed by atoms with Crippen molar-refractivity contribution in [1.82, 2.24) is 5.32 Å². The van der Waals surface area contributed by atoms with Crippen LogP contribution in [0.4, 0.5) is 0 Å². The number of furan rings is 1. The first-order chi connectivity index (χ1) is 10.1. The minimum atomic E-state index is -0.766. The number of hydrogen-bond donors (Lipinski definition) is 2. The van der Waals surface area contributed by atoms with Gasteiger partial charge in [-0.1, -0.05) is 12.1 Å². The molecule has 0 bridgehead atoms. The third-order valence-electron chi connectivity index (χ3n) is 3.99. The second-order valence-corrected chi connectivity index (χ2v) is 5.66. The van der Waals surface area contributed by atoms with Gasteiger partial charge in [-0.15, -0.1) is 0 Å². The third kappa shape index (κ3) is 2.90. The second kappa shape index (κ2) is 5.67. The van der Waals surface area contributed by atoms with Gasteiger partial charge in [0.2, 0.25) is 0 Å². The Morgan fingerprint density at radius 2 is 2.33 bits per heavy atom. The average molecular weight is 291 g/mol. The number of para-hydroxylation sites is 1. The fourth-order valence-corrected chi connectivity index (χ4v) is 2.61. The minimum absolute atomic E-state index is 0.00623. The Morgan fingerprint density at radius 1 is 1.48 bits per heavy atom. The average Bonchev–Trinajstić information content (AvgIpc) is 3.11. The SMILES string of the molecule is COc1cccc2cc(C(C)NCC3(O)CCOC3)oc12. The lowest BCUT2D eigenvalue weighted by molar-refractivity contribution is 0.0247. The van der Waals surface area contributed by atoms with Crippen LogP contribution in [0.5, 0.6) is 5.75 Å². The Hall–Kier alpha value is -1.56. The van der Waals surface area contributed by atoms with E-state index in [9.17, 15) is 5.11 Å². The standard InChI is InChI=1S/C16H21NO4/c1-11(17-9-16(18)6-7-20-10-16)14-8-12-4-3-5-13(19-2)15(12)21-14/h3-5,8,11,17-18H,6-7,9-10H2,1-2H3. The molecular formula is C16H21NO4. The molecule has 1 saturated heterocycles. The van der Waals surface area contributed by atoms with E-state index in [4.69, 9.17) is 13.9 Å². The Morgan fingerprint density at radius 3 is 3.05 bits per heavy atom. The molecule has 0 saturated carbocycles. The number of rotatable bonds is 5. The molecule has 3 rings (SSSR count). The molecule has 2 N–H and O–H groups in total. The smallest absolute Gasteiger partial charge is 0.176 e. The topological polar surface area (TPSA) is 63.9 Å². The summed E-state index contributed by atoms with van der Waals surface area (Å²) in [4.78, 5) is 0. The summed E-state index contributed by atoms with van der Waals surface area (Å²) < 4.78 is 16.5. The highest BCUT2D eigenvalue weighted by molar-refractivity contribution is 5.83. The van der Waals surface area contributed by atoms with E-state index < -0.39 is 5.60 Å². The molecule has 1 aliphatic rings. The van der Waals surface area contributed by atoms with Gasteiger partial charge >= 0.3 is 0 Å². The van der Waals surface area contributed by atoms with Crippen LogP contribution in [0.3, 0.4) is 0 Å². The summed E-state index contributed by atoms with van der Waals surface area (Å²) in [5, 5.41) is 14.6. The Kier molecular flexibility index (Phi) is 3.89. The summed E-state index contributed by atoms with van der Waals surface area (Å²) in [6.07, 6.45) is 0.667. The van der Waals surface area contributed by atoms with Gasteiger partial charge in [0.15, 0.2) is 11.3 Å². The highest BCUT2D eigenvalue weighted by Crippen LogP contribution is 2.31. The van der Waals surface area contributed by atoms with E-state index in [1.807, 2.05) is 31.2 Å². The molecule has 2 unspecified atom stereocenters. The Labute approximate surface area is 123 Å². The first-order valence-electron chi connectivity index (χ1n) is 7.21. The van der Waals surface area contributed by atoms with Gasteiger partial charge in [0.1, 0.15) is 11.4 Å². The number of methoxy groups -OCH3 is 1. The van der Waals surface area contributed by atoms with E-state index in [-0.39, 0.29) is 6.04 Å². The number of benzene rings is 1. The molecule has 1 fully saturated rings. The maximum absolute atomic E-state index is 10.3. The van der Waals surface area contributed by atoms with Crippen molar-refractivity contribution < 1.29 is 19.0 Å².